The molecule has 0 amide bonds. The van der Waals surface area contributed by atoms with Crippen LogP contribution in [0.5, 0.6) is 0 Å². The molecular formula is C19H21ClN4O. The Labute approximate surface area is 151 Å². The second kappa shape index (κ2) is 6.65. The average molecular weight is 357 g/mol. The molecule has 1 aliphatic rings. The summed E-state index contributed by atoms with van der Waals surface area (Å²) in [5.41, 5.74) is 1.83. The lowest BCUT2D eigenvalue weighted by atomic mass is 9.75. The van der Waals surface area contributed by atoms with Gasteiger partial charge in [-0.3, -0.25) is 0 Å². The van der Waals surface area contributed by atoms with Crippen molar-refractivity contribution < 1.29 is 5.11 Å². The van der Waals surface area contributed by atoms with Gasteiger partial charge in [0.05, 0.1) is 12.0 Å². The van der Waals surface area contributed by atoms with Gasteiger partial charge < -0.3 is 15.0 Å². The van der Waals surface area contributed by atoms with E-state index in [9.17, 15) is 5.11 Å². The second-order valence-electron chi connectivity index (χ2n) is 6.93. The molecule has 2 N–H and O–H groups in total. The molecule has 0 radical (unpaired) electrons. The van der Waals surface area contributed by atoms with Crippen LogP contribution in [-0.2, 0) is 6.42 Å². The summed E-state index contributed by atoms with van der Waals surface area (Å²) in [7, 11) is 0. The molecule has 0 saturated carbocycles. The van der Waals surface area contributed by atoms with E-state index >= 15 is 0 Å². The molecule has 1 aliphatic heterocycles. The van der Waals surface area contributed by atoms with Gasteiger partial charge in [0.15, 0.2) is 0 Å². The molecule has 6 heteroatoms. The van der Waals surface area contributed by atoms with E-state index in [1.165, 1.54) is 0 Å². The number of aliphatic hydroxyl groups excluding tert-OH is 1. The molecule has 25 heavy (non-hydrogen) atoms. The first-order valence-corrected chi connectivity index (χ1v) is 8.95. The van der Waals surface area contributed by atoms with Crippen LogP contribution in [0.1, 0.15) is 18.4 Å². The largest absolute Gasteiger partial charge is 0.396 e. The minimum atomic E-state index is -0.184. The van der Waals surface area contributed by atoms with Gasteiger partial charge in [0.25, 0.3) is 0 Å². The van der Waals surface area contributed by atoms with Gasteiger partial charge in [0.1, 0.15) is 17.8 Å². The van der Waals surface area contributed by atoms with Crippen LogP contribution in [0, 0.1) is 5.41 Å². The van der Waals surface area contributed by atoms with E-state index in [0.717, 1.165) is 59.8 Å². The molecule has 1 fully saturated rings. The van der Waals surface area contributed by atoms with E-state index in [0.29, 0.717) is 0 Å². The molecule has 2 aromatic heterocycles. The van der Waals surface area contributed by atoms with Crippen molar-refractivity contribution in [2.24, 2.45) is 5.41 Å². The van der Waals surface area contributed by atoms with Gasteiger partial charge >= 0.3 is 0 Å². The molecule has 1 aromatic carbocycles. The second-order valence-corrected chi connectivity index (χ2v) is 7.36. The summed E-state index contributed by atoms with van der Waals surface area (Å²) in [5, 5.41) is 12.0. The topological polar surface area (TPSA) is 65.0 Å². The number of nitrogens with zero attached hydrogens (tertiary/aromatic N) is 3. The zero-order valence-electron chi connectivity index (χ0n) is 14.0. The van der Waals surface area contributed by atoms with Gasteiger partial charge in [0, 0.05) is 29.7 Å². The molecule has 3 aromatic rings. The highest BCUT2D eigenvalue weighted by molar-refractivity contribution is 6.30. The predicted octanol–water partition coefficient (Wildman–Crippen LogP) is 3.43. The number of piperidine rings is 1. The van der Waals surface area contributed by atoms with Crippen LogP contribution in [0.4, 0.5) is 5.82 Å². The Morgan fingerprint density at radius 2 is 2.20 bits per heavy atom. The smallest absolute Gasteiger partial charge is 0.142 e. The maximum Gasteiger partial charge on any atom is 0.142 e. The number of aromatic amines is 1. The van der Waals surface area contributed by atoms with E-state index < -0.39 is 0 Å². The SMILES string of the molecule is OCC1(Cc2cccc(Cl)c2)CCCN(c2ncnc3[nH]ccc23)C1. The van der Waals surface area contributed by atoms with E-state index in [1.54, 1.807) is 6.33 Å². The summed E-state index contributed by atoms with van der Waals surface area (Å²) in [5.74, 6) is 0.940. The molecule has 1 atom stereocenters. The Hall–Kier alpha value is -2.11. The van der Waals surface area contributed by atoms with Gasteiger partial charge in [0.2, 0.25) is 0 Å². The van der Waals surface area contributed by atoms with E-state index in [-0.39, 0.29) is 12.0 Å². The monoisotopic (exact) mass is 356 g/mol. The Kier molecular flexibility index (Phi) is 4.36. The fourth-order valence-electron chi connectivity index (χ4n) is 3.91. The standard InChI is InChI=1S/C19H21ClN4O/c20-15-4-1-3-14(9-15)10-19(12-25)6-2-8-24(11-19)18-16-5-7-21-17(16)22-13-23-18/h1,3-5,7,9,13,25H,2,6,8,10-12H2,(H,21,22,23). The highest BCUT2D eigenvalue weighted by atomic mass is 35.5. The number of aromatic nitrogens is 3. The number of anilines is 1. The first kappa shape index (κ1) is 16.4. The first-order chi connectivity index (χ1) is 12.2. The molecule has 0 aliphatic carbocycles. The minimum Gasteiger partial charge on any atom is -0.396 e. The van der Waals surface area contributed by atoms with Gasteiger partial charge in [-0.25, -0.2) is 9.97 Å². The van der Waals surface area contributed by atoms with Crippen molar-refractivity contribution >= 4 is 28.5 Å². The average Bonchev–Trinajstić information content (AvgIpc) is 3.10. The van der Waals surface area contributed by atoms with Crippen LogP contribution < -0.4 is 4.90 Å². The number of H-pyrrole nitrogens is 1. The molecule has 4 rings (SSSR count). The normalized spacial score (nSPS) is 21.0. The molecule has 1 unspecified atom stereocenters. The number of fused-ring (bicyclic) bond motifs is 1. The third-order valence-corrected chi connectivity index (χ3v) is 5.33. The molecule has 0 spiro atoms. The molecule has 0 bridgehead atoms. The number of aliphatic hydroxyl groups is 1. The maximum absolute atomic E-state index is 10.2. The van der Waals surface area contributed by atoms with Crippen molar-refractivity contribution in [3.05, 3.63) is 53.4 Å². The predicted molar refractivity (Wildman–Crippen MR) is 100 cm³/mol. The summed E-state index contributed by atoms with van der Waals surface area (Å²) in [6.45, 7) is 1.86. The Morgan fingerprint density at radius 1 is 1.28 bits per heavy atom. The maximum atomic E-state index is 10.2. The van der Waals surface area contributed by atoms with Crippen molar-refractivity contribution in [2.45, 2.75) is 19.3 Å². The lowest BCUT2D eigenvalue weighted by Gasteiger charge is -2.42. The highest BCUT2D eigenvalue weighted by Crippen LogP contribution is 2.36. The van der Waals surface area contributed by atoms with Crippen LogP contribution in [0.2, 0.25) is 5.02 Å². The Morgan fingerprint density at radius 3 is 3.04 bits per heavy atom. The number of hydrogen-bond acceptors (Lipinski definition) is 4. The van der Waals surface area contributed by atoms with Crippen LogP contribution in [0.15, 0.2) is 42.9 Å². The van der Waals surface area contributed by atoms with Gasteiger partial charge in [-0.1, -0.05) is 23.7 Å². The lowest BCUT2D eigenvalue weighted by Crippen LogP contribution is -2.47. The van der Waals surface area contributed by atoms with Crippen LogP contribution >= 0.6 is 11.6 Å². The number of halogens is 1. The zero-order chi connectivity index (χ0) is 17.3. The molecule has 5 nitrogen and oxygen atoms in total. The summed E-state index contributed by atoms with van der Waals surface area (Å²) < 4.78 is 0. The summed E-state index contributed by atoms with van der Waals surface area (Å²) in [4.78, 5) is 14.2. The van der Waals surface area contributed by atoms with E-state index in [4.69, 9.17) is 11.6 Å². The number of nitrogens with one attached hydrogen (secondary N) is 1. The third-order valence-electron chi connectivity index (χ3n) is 5.10. The minimum absolute atomic E-state index is 0.150. The van der Waals surface area contributed by atoms with Crippen molar-refractivity contribution in [3.8, 4) is 0 Å². The number of rotatable bonds is 4. The highest BCUT2D eigenvalue weighted by Gasteiger charge is 2.36. The fraction of sp³-hybridized carbons (Fsp3) is 0.368. The van der Waals surface area contributed by atoms with Crippen LogP contribution in [0.3, 0.4) is 0 Å². The summed E-state index contributed by atoms with van der Waals surface area (Å²) in [6.07, 6.45) is 6.31. The zero-order valence-corrected chi connectivity index (χ0v) is 14.7. The van der Waals surface area contributed by atoms with E-state index in [1.807, 2.05) is 30.5 Å². The quantitative estimate of drug-likeness (QED) is 0.751. The third kappa shape index (κ3) is 3.22. The van der Waals surface area contributed by atoms with Gasteiger partial charge in [-0.2, -0.15) is 0 Å². The lowest BCUT2D eigenvalue weighted by molar-refractivity contribution is 0.105. The van der Waals surface area contributed by atoms with Crippen molar-refractivity contribution in [1.29, 1.82) is 0 Å². The van der Waals surface area contributed by atoms with Gasteiger partial charge in [-0.15, -0.1) is 0 Å². The van der Waals surface area contributed by atoms with Gasteiger partial charge in [-0.05, 0) is 43.0 Å². The summed E-state index contributed by atoms with van der Waals surface area (Å²) >= 11 is 6.14. The van der Waals surface area contributed by atoms with Crippen molar-refractivity contribution in [3.63, 3.8) is 0 Å². The van der Waals surface area contributed by atoms with Crippen LogP contribution in [0.25, 0.3) is 11.0 Å². The summed E-state index contributed by atoms with van der Waals surface area (Å²) in [6, 6.07) is 9.94. The Balaban J connectivity index is 1.63. The van der Waals surface area contributed by atoms with Crippen molar-refractivity contribution in [2.75, 3.05) is 24.6 Å². The van der Waals surface area contributed by atoms with E-state index in [2.05, 4.69) is 25.9 Å². The molecule has 3 heterocycles. The Bertz CT molecular complexity index is 880. The molecule has 1 saturated heterocycles. The first-order valence-electron chi connectivity index (χ1n) is 8.57. The fourth-order valence-corrected chi connectivity index (χ4v) is 4.12. The number of hydrogen-bond donors (Lipinski definition) is 2. The van der Waals surface area contributed by atoms with Crippen LogP contribution in [-0.4, -0.2) is 39.8 Å². The number of benzene rings is 1. The molecule has 130 valence electrons. The van der Waals surface area contributed by atoms with Crippen molar-refractivity contribution in [1.82, 2.24) is 15.0 Å². The molecular weight excluding hydrogens is 336 g/mol.